The molecule has 1 atom stereocenters. The Balaban J connectivity index is 3.17. The zero-order chi connectivity index (χ0) is 9.24. The summed E-state index contributed by atoms with van der Waals surface area (Å²) in [5.74, 6) is 0. The molecule has 0 aliphatic carbocycles. The molecule has 0 aromatic carbocycles. The molecule has 12 heavy (non-hydrogen) atoms. The number of allylic oxidation sites excluding steroid dienone is 2. The highest BCUT2D eigenvalue weighted by Gasteiger charge is 2.37. The Kier molecular flexibility index (Phi) is 2.08. The highest BCUT2D eigenvalue weighted by atomic mass is 32.2. The minimum absolute atomic E-state index is 1.13. The van der Waals surface area contributed by atoms with Gasteiger partial charge in [0.25, 0.3) is 10.1 Å². The molecule has 0 bridgehead atoms. The molecule has 0 amide bonds. The summed E-state index contributed by atoms with van der Waals surface area (Å²) in [5.41, 5.74) is 0. The second kappa shape index (κ2) is 2.76. The number of rotatable bonds is 2. The van der Waals surface area contributed by atoms with Gasteiger partial charge in [0.2, 0.25) is 4.87 Å². The van der Waals surface area contributed by atoms with Crippen LogP contribution in [0, 0.1) is 0 Å². The average Bonchev–Trinajstić information content (AvgIpc) is 2.04. The van der Waals surface area contributed by atoms with E-state index in [0.29, 0.717) is 0 Å². The van der Waals surface area contributed by atoms with E-state index in [9.17, 15) is 8.42 Å². The van der Waals surface area contributed by atoms with Gasteiger partial charge >= 0.3 is 0 Å². The van der Waals surface area contributed by atoms with Gasteiger partial charge in [-0.2, -0.15) is 8.42 Å². The van der Waals surface area contributed by atoms with Crippen molar-refractivity contribution in [3.05, 3.63) is 37.1 Å². The van der Waals surface area contributed by atoms with Crippen LogP contribution in [0.3, 0.4) is 0 Å². The molecule has 1 aliphatic heterocycles. The lowest BCUT2D eigenvalue weighted by molar-refractivity contribution is 0.452. The summed E-state index contributed by atoms with van der Waals surface area (Å²) < 4.78 is 30.6. The van der Waals surface area contributed by atoms with Crippen LogP contribution >= 0.6 is 0 Å². The third-order valence-corrected chi connectivity index (χ3v) is 2.86. The Morgan fingerprint density at radius 1 is 1.50 bits per heavy atom. The molecule has 1 heterocycles. The molecular formula is C7H9NO3S. The van der Waals surface area contributed by atoms with Gasteiger partial charge in [-0.25, -0.2) is 0 Å². The Bertz CT molecular complexity index is 342. The van der Waals surface area contributed by atoms with E-state index in [0.717, 1.165) is 6.08 Å². The van der Waals surface area contributed by atoms with Crippen molar-refractivity contribution >= 4 is 10.1 Å². The topological polar surface area (TPSA) is 66.4 Å². The molecule has 1 rings (SSSR count). The molecule has 5 heteroatoms. The fourth-order valence-corrected chi connectivity index (χ4v) is 1.55. The summed E-state index contributed by atoms with van der Waals surface area (Å²) in [4.78, 5) is -1.57. The molecule has 1 aliphatic rings. The molecule has 0 saturated carbocycles. The van der Waals surface area contributed by atoms with Crippen molar-refractivity contribution in [3.8, 4) is 0 Å². The second-order valence-corrected chi connectivity index (χ2v) is 3.96. The zero-order valence-corrected chi connectivity index (χ0v) is 7.08. The third-order valence-electron chi connectivity index (χ3n) is 1.59. The summed E-state index contributed by atoms with van der Waals surface area (Å²) >= 11 is 0. The van der Waals surface area contributed by atoms with E-state index >= 15 is 0 Å². The van der Waals surface area contributed by atoms with E-state index in [1.807, 2.05) is 0 Å². The van der Waals surface area contributed by atoms with Gasteiger partial charge < -0.3 is 5.32 Å². The van der Waals surface area contributed by atoms with Gasteiger partial charge in [0.1, 0.15) is 0 Å². The Labute approximate surface area is 71.0 Å². The van der Waals surface area contributed by atoms with Crippen molar-refractivity contribution < 1.29 is 13.0 Å². The molecule has 0 aromatic heterocycles. The zero-order valence-electron chi connectivity index (χ0n) is 6.27. The van der Waals surface area contributed by atoms with Crippen LogP contribution in [0.2, 0.25) is 0 Å². The first kappa shape index (κ1) is 9.02. The van der Waals surface area contributed by atoms with Crippen LogP contribution in [0.25, 0.3) is 0 Å². The quantitative estimate of drug-likeness (QED) is 0.486. The largest absolute Gasteiger partial charge is 0.364 e. The highest BCUT2D eigenvalue weighted by molar-refractivity contribution is 7.87. The average molecular weight is 187 g/mol. The lowest BCUT2D eigenvalue weighted by Crippen LogP contribution is -2.46. The fraction of sp³-hybridized carbons (Fsp3) is 0.143. The summed E-state index contributed by atoms with van der Waals surface area (Å²) in [6, 6.07) is 0. The van der Waals surface area contributed by atoms with E-state index in [2.05, 4.69) is 11.9 Å². The van der Waals surface area contributed by atoms with Crippen LogP contribution in [-0.2, 0) is 10.1 Å². The molecule has 4 nitrogen and oxygen atoms in total. The monoisotopic (exact) mass is 187 g/mol. The molecule has 0 radical (unpaired) electrons. The second-order valence-electron chi connectivity index (χ2n) is 2.33. The fourth-order valence-electron chi connectivity index (χ4n) is 0.873. The van der Waals surface area contributed by atoms with Crippen LogP contribution in [0.5, 0.6) is 0 Å². The van der Waals surface area contributed by atoms with Crippen molar-refractivity contribution in [2.45, 2.75) is 4.87 Å². The van der Waals surface area contributed by atoms with Crippen molar-refractivity contribution in [2.24, 2.45) is 0 Å². The molecule has 2 N–H and O–H groups in total. The van der Waals surface area contributed by atoms with Crippen molar-refractivity contribution in [1.29, 1.82) is 0 Å². The van der Waals surface area contributed by atoms with E-state index in [1.165, 1.54) is 18.4 Å². The van der Waals surface area contributed by atoms with E-state index in [-0.39, 0.29) is 0 Å². The standard InChI is InChI=1S/C7H9NO3S/c1-2-7(12(9,10)11)5-3-4-6-8-7/h2-6,8H,1H2,(H,9,10,11). The van der Waals surface area contributed by atoms with Crippen LogP contribution in [0.4, 0.5) is 0 Å². The number of dihydropyridines is 1. The van der Waals surface area contributed by atoms with Gasteiger partial charge in [0, 0.05) is 0 Å². The summed E-state index contributed by atoms with van der Waals surface area (Å²) in [6.45, 7) is 3.34. The van der Waals surface area contributed by atoms with Crippen LogP contribution in [-0.4, -0.2) is 17.8 Å². The first-order valence-corrected chi connectivity index (χ1v) is 4.68. The van der Waals surface area contributed by atoms with Crippen LogP contribution in [0.15, 0.2) is 37.1 Å². The lowest BCUT2D eigenvalue weighted by atomic mass is 10.2. The molecule has 0 fully saturated rings. The normalized spacial score (nSPS) is 28.1. The van der Waals surface area contributed by atoms with Gasteiger partial charge in [0.05, 0.1) is 0 Å². The predicted octanol–water partition coefficient (Wildman–Crippen LogP) is 0.430. The Morgan fingerprint density at radius 2 is 2.17 bits per heavy atom. The first-order chi connectivity index (χ1) is 5.52. The molecule has 66 valence electrons. The first-order valence-electron chi connectivity index (χ1n) is 3.24. The van der Waals surface area contributed by atoms with E-state index < -0.39 is 15.0 Å². The third kappa shape index (κ3) is 1.28. The summed E-state index contributed by atoms with van der Waals surface area (Å²) in [5, 5.41) is 2.50. The van der Waals surface area contributed by atoms with Gasteiger partial charge in [-0.1, -0.05) is 12.7 Å². The Hall–Kier alpha value is -1.07. The van der Waals surface area contributed by atoms with Gasteiger partial charge in [-0.05, 0) is 24.4 Å². The maximum Gasteiger partial charge on any atom is 0.296 e. The summed E-state index contributed by atoms with van der Waals surface area (Å²) in [7, 11) is -4.20. The van der Waals surface area contributed by atoms with Gasteiger partial charge in [0.15, 0.2) is 0 Å². The van der Waals surface area contributed by atoms with E-state index in [1.54, 1.807) is 6.08 Å². The van der Waals surface area contributed by atoms with Crippen molar-refractivity contribution in [2.75, 3.05) is 0 Å². The highest BCUT2D eigenvalue weighted by Crippen LogP contribution is 2.18. The number of hydrogen-bond donors (Lipinski definition) is 2. The van der Waals surface area contributed by atoms with Crippen LogP contribution in [0.1, 0.15) is 0 Å². The molecule has 1 unspecified atom stereocenters. The minimum Gasteiger partial charge on any atom is -0.364 e. The molecule has 0 aromatic rings. The van der Waals surface area contributed by atoms with Gasteiger partial charge in [-0.15, -0.1) is 0 Å². The lowest BCUT2D eigenvalue weighted by Gasteiger charge is -2.25. The number of hydrogen-bond acceptors (Lipinski definition) is 3. The Morgan fingerprint density at radius 3 is 2.42 bits per heavy atom. The summed E-state index contributed by atoms with van der Waals surface area (Å²) in [6.07, 6.45) is 7.01. The van der Waals surface area contributed by atoms with Crippen LogP contribution < -0.4 is 5.32 Å². The molecule has 0 spiro atoms. The molecule has 0 saturated heterocycles. The maximum absolute atomic E-state index is 10.9. The smallest absolute Gasteiger partial charge is 0.296 e. The van der Waals surface area contributed by atoms with Crippen molar-refractivity contribution in [1.82, 2.24) is 5.32 Å². The SMILES string of the molecule is C=CC1(S(=O)(=O)O)C=CC=CN1. The maximum atomic E-state index is 10.9. The molecular weight excluding hydrogens is 178 g/mol. The van der Waals surface area contributed by atoms with E-state index in [4.69, 9.17) is 4.55 Å². The minimum atomic E-state index is -4.20. The number of nitrogens with one attached hydrogen (secondary N) is 1. The predicted molar refractivity (Wildman–Crippen MR) is 45.9 cm³/mol. The van der Waals surface area contributed by atoms with Gasteiger partial charge in [-0.3, -0.25) is 4.55 Å². The van der Waals surface area contributed by atoms with Crippen molar-refractivity contribution in [3.63, 3.8) is 0 Å².